The van der Waals surface area contributed by atoms with Crippen LogP contribution in [-0.4, -0.2) is 34.5 Å². The number of nitrogens with one attached hydrogen (secondary N) is 1. The van der Waals surface area contributed by atoms with E-state index in [2.05, 4.69) is 20.7 Å². The summed E-state index contributed by atoms with van der Waals surface area (Å²) in [5.74, 6) is -0.998. The van der Waals surface area contributed by atoms with E-state index in [1.54, 1.807) is 6.92 Å². The van der Waals surface area contributed by atoms with E-state index in [0.717, 1.165) is 24.5 Å². The number of halogens is 2. The molecule has 9 heteroatoms. The van der Waals surface area contributed by atoms with E-state index in [-0.39, 0.29) is 4.90 Å². The van der Waals surface area contributed by atoms with Gasteiger partial charge in [-0.2, -0.15) is 0 Å². The molecule has 1 unspecified atom stereocenters. The molecule has 0 radical (unpaired) electrons. The Bertz CT molecular complexity index is 673. The third-order valence-corrected chi connectivity index (χ3v) is 5.89. The molecule has 1 rings (SSSR count). The quantitative estimate of drug-likeness (QED) is 0.622. The number of rotatable bonds is 5. The van der Waals surface area contributed by atoms with Crippen LogP contribution in [-0.2, 0) is 19.9 Å². The Hall–Kier alpha value is -0.510. The van der Waals surface area contributed by atoms with Crippen molar-refractivity contribution in [2.45, 2.75) is 22.8 Å². The molecule has 1 N–H and O–H groups in total. The van der Waals surface area contributed by atoms with Crippen molar-refractivity contribution in [1.82, 2.24) is 4.72 Å². The van der Waals surface area contributed by atoms with Gasteiger partial charge in [0.2, 0.25) is 10.0 Å². The summed E-state index contributed by atoms with van der Waals surface area (Å²) in [5.41, 5.74) is 0. The van der Waals surface area contributed by atoms with Crippen LogP contribution in [0.25, 0.3) is 0 Å². The van der Waals surface area contributed by atoms with Crippen molar-refractivity contribution in [3.63, 3.8) is 0 Å². The van der Waals surface area contributed by atoms with Crippen molar-refractivity contribution in [3.05, 3.63) is 24.0 Å². The van der Waals surface area contributed by atoms with Gasteiger partial charge in [-0.05, 0) is 25.1 Å². The van der Waals surface area contributed by atoms with Gasteiger partial charge < -0.3 is 0 Å². The molecular weight excluding hydrogens is 361 g/mol. The maximum absolute atomic E-state index is 13.6. The molecule has 0 heterocycles. The Morgan fingerprint density at radius 2 is 1.89 bits per heavy atom. The van der Waals surface area contributed by atoms with Crippen LogP contribution in [0.2, 0.25) is 0 Å². The van der Waals surface area contributed by atoms with Crippen LogP contribution >= 0.6 is 15.9 Å². The molecule has 0 saturated heterocycles. The molecule has 1 aromatic carbocycles. The van der Waals surface area contributed by atoms with E-state index in [1.807, 2.05) is 0 Å². The number of hydrogen-bond donors (Lipinski definition) is 1. The average Bonchev–Trinajstić information content (AvgIpc) is 2.26. The van der Waals surface area contributed by atoms with Gasteiger partial charge in [0, 0.05) is 17.6 Å². The SMILES string of the molecule is CC(CBr)NS(=O)(=O)c1cc(S(C)(=O)=O)ccc1F. The Labute approximate surface area is 120 Å². The van der Waals surface area contributed by atoms with Crippen molar-refractivity contribution >= 4 is 35.8 Å². The van der Waals surface area contributed by atoms with Crippen molar-refractivity contribution in [3.8, 4) is 0 Å². The highest BCUT2D eigenvalue weighted by molar-refractivity contribution is 9.09. The first-order valence-electron chi connectivity index (χ1n) is 5.16. The predicted octanol–water partition coefficient (Wildman–Crippen LogP) is 1.29. The standard InChI is InChI=1S/C10H13BrFNO4S2/c1-7(6-11)13-19(16,17)10-5-8(18(2,14)15)3-4-9(10)12/h3-5,7,13H,6H2,1-2H3. The lowest BCUT2D eigenvalue weighted by atomic mass is 10.3. The fourth-order valence-corrected chi connectivity index (χ4v) is 3.72. The Balaban J connectivity index is 3.34. The van der Waals surface area contributed by atoms with Gasteiger partial charge in [0.05, 0.1) is 4.90 Å². The molecular formula is C10H13BrFNO4S2. The summed E-state index contributed by atoms with van der Waals surface area (Å²) in [6.45, 7) is 1.59. The zero-order valence-corrected chi connectivity index (χ0v) is 13.4. The summed E-state index contributed by atoms with van der Waals surface area (Å²) in [4.78, 5) is -0.927. The molecule has 0 aliphatic rings. The number of sulfonamides is 1. The minimum atomic E-state index is -4.10. The molecule has 0 spiro atoms. The molecule has 19 heavy (non-hydrogen) atoms. The maximum Gasteiger partial charge on any atom is 0.243 e. The van der Waals surface area contributed by atoms with E-state index in [0.29, 0.717) is 5.33 Å². The van der Waals surface area contributed by atoms with Gasteiger partial charge in [-0.3, -0.25) is 0 Å². The fourth-order valence-electron chi connectivity index (χ4n) is 1.28. The lowest BCUT2D eigenvalue weighted by Gasteiger charge is -2.12. The third kappa shape index (κ3) is 4.23. The Kier molecular flexibility index (Phi) is 5.10. The largest absolute Gasteiger partial charge is 0.243 e. The highest BCUT2D eigenvalue weighted by Gasteiger charge is 2.23. The summed E-state index contributed by atoms with van der Waals surface area (Å²) in [7, 11) is -7.71. The monoisotopic (exact) mass is 373 g/mol. The van der Waals surface area contributed by atoms with Crippen molar-refractivity contribution in [2.24, 2.45) is 0 Å². The molecule has 0 aliphatic heterocycles. The summed E-state index contributed by atoms with van der Waals surface area (Å²) in [6.07, 6.45) is 0.922. The van der Waals surface area contributed by atoms with Crippen LogP contribution in [0.4, 0.5) is 4.39 Å². The fraction of sp³-hybridized carbons (Fsp3) is 0.400. The van der Waals surface area contributed by atoms with Gasteiger partial charge in [-0.15, -0.1) is 0 Å². The Morgan fingerprint density at radius 1 is 1.32 bits per heavy atom. The van der Waals surface area contributed by atoms with Crippen LogP contribution in [0, 0.1) is 5.82 Å². The topological polar surface area (TPSA) is 80.3 Å². The molecule has 0 fully saturated rings. The molecule has 0 bridgehead atoms. The summed E-state index contributed by atoms with van der Waals surface area (Å²) >= 11 is 3.09. The van der Waals surface area contributed by atoms with E-state index in [1.165, 1.54) is 0 Å². The molecule has 0 aliphatic carbocycles. The first-order chi connectivity index (χ1) is 8.58. The highest BCUT2D eigenvalue weighted by Crippen LogP contribution is 2.19. The maximum atomic E-state index is 13.6. The predicted molar refractivity (Wildman–Crippen MR) is 73.1 cm³/mol. The molecule has 1 aromatic rings. The number of sulfone groups is 1. The zero-order valence-electron chi connectivity index (χ0n) is 10.2. The molecule has 0 saturated carbocycles. The molecule has 0 amide bonds. The van der Waals surface area contributed by atoms with Crippen LogP contribution in [0.15, 0.2) is 28.0 Å². The third-order valence-electron chi connectivity index (χ3n) is 2.21. The second-order valence-corrected chi connectivity index (χ2v) is 8.39. The van der Waals surface area contributed by atoms with Crippen molar-refractivity contribution in [1.29, 1.82) is 0 Å². The van der Waals surface area contributed by atoms with Gasteiger partial charge >= 0.3 is 0 Å². The Morgan fingerprint density at radius 3 is 2.37 bits per heavy atom. The van der Waals surface area contributed by atoms with E-state index >= 15 is 0 Å². The minimum Gasteiger partial charge on any atom is -0.224 e. The van der Waals surface area contributed by atoms with E-state index in [9.17, 15) is 21.2 Å². The van der Waals surface area contributed by atoms with Gasteiger partial charge in [0.25, 0.3) is 0 Å². The van der Waals surface area contributed by atoms with Crippen LogP contribution in [0.1, 0.15) is 6.92 Å². The van der Waals surface area contributed by atoms with E-state index < -0.39 is 36.6 Å². The van der Waals surface area contributed by atoms with Gasteiger partial charge in [-0.25, -0.2) is 25.9 Å². The second kappa shape index (κ2) is 5.86. The van der Waals surface area contributed by atoms with Gasteiger partial charge in [0.1, 0.15) is 10.7 Å². The highest BCUT2D eigenvalue weighted by atomic mass is 79.9. The normalized spacial score (nSPS) is 14.3. The molecule has 1 atom stereocenters. The zero-order chi connectivity index (χ0) is 14.8. The smallest absolute Gasteiger partial charge is 0.224 e. The molecule has 5 nitrogen and oxygen atoms in total. The average molecular weight is 374 g/mol. The van der Waals surface area contributed by atoms with Gasteiger partial charge in [-0.1, -0.05) is 15.9 Å². The number of alkyl halides is 1. The second-order valence-electron chi connectivity index (χ2n) is 4.04. The molecule has 0 aromatic heterocycles. The van der Waals surface area contributed by atoms with Crippen LogP contribution in [0.3, 0.4) is 0 Å². The van der Waals surface area contributed by atoms with Gasteiger partial charge in [0.15, 0.2) is 9.84 Å². The summed E-state index contributed by atoms with van der Waals surface area (Å²) in [6, 6.07) is 2.21. The van der Waals surface area contributed by atoms with Crippen molar-refractivity contribution in [2.75, 3.05) is 11.6 Å². The number of hydrogen-bond acceptors (Lipinski definition) is 4. The lowest BCUT2D eigenvalue weighted by Crippen LogP contribution is -2.34. The van der Waals surface area contributed by atoms with Crippen LogP contribution in [0.5, 0.6) is 0 Å². The number of benzene rings is 1. The van der Waals surface area contributed by atoms with Crippen molar-refractivity contribution < 1.29 is 21.2 Å². The van der Waals surface area contributed by atoms with Crippen LogP contribution < -0.4 is 4.72 Å². The van der Waals surface area contributed by atoms with E-state index in [4.69, 9.17) is 0 Å². The summed E-state index contributed by atoms with van der Waals surface area (Å²) in [5, 5.41) is 0.347. The molecule has 108 valence electrons. The first-order valence-corrected chi connectivity index (χ1v) is 9.65. The lowest BCUT2D eigenvalue weighted by molar-refractivity contribution is 0.548. The first kappa shape index (κ1) is 16.5. The summed E-state index contributed by atoms with van der Waals surface area (Å²) < 4.78 is 62.4. The minimum absolute atomic E-state index is 0.249.